The summed E-state index contributed by atoms with van der Waals surface area (Å²) in [6.07, 6.45) is 6.77. The van der Waals surface area contributed by atoms with Crippen LogP contribution >= 0.6 is 0 Å². The number of hydrogen-bond acceptors (Lipinski definition) is 2. The molecule has 1 heterocycles. The van der Waals surface area contributed by atoms with Crippen LogP contribution in [-0.2, 0) is 0 Å². The number of nitrogens with zero attached hydrogens (tertiary/aromatic N) is 2. The maximum Gasteiger partial charge on any atom is 0.128 e. The van der Waals surface area contributed by atoms with Gasteiger partial charge < -0.3 is 4.90 Å². The summed E-state index contributed by atoms with van der Waals surface area (Å²) in [5.41, 5.74) is 0. The summed E-state index contributed by atoms with van der Waals surface area (Å²) in [7, 11) is 2.15. The summed E-state index contributed by atoms with van der Waals surface area (Å²) >= 11 is 0. The molecule has 0 aromatic carbocycles. The van der Waals surface area contributed by atoms with Gasteiger partial charge in [0.25, 0.3) is 0 Å². The molecule has 0 aliphatic heterocycles. The molecule has 2 heteroatoms. The van der Waals surface area contributed by atoms with Crippen molar-refractivity contribution in [2.45, 2.75) is 38.6 Å². The molecule has 1 aromatic heterocycles. The quantitative estimate of drug-likeness (QED) is 0.723. The minimum atomic E-state index is 0.619. The average molecular weight is 228 g/mol. The van der Waals surface area contributed by atoms with Gasteiger partial charge in [-0.05, 0) is 44.7 Å². The minimum absolute atomic E-state index is 0.619. The Labute approximate surface area is 104 Å². The zero-order valence-corrected chi connectivity index (χ0v) is 10.7. The van der Waals surface area contributed by atoms with Gasteiger partial charge in [-0.25, -0.2) is 4.98 Å². The molecule has 90 valence electrons. The van der Waals surface area contributed by atoms with E-state index in [1.807, 2.05) is 25.3 Å². The van der Waals surface area contributed by atoms with Gasteiger partial charge in [-0.15, -0.1) is 11.8 Å². The van der Waals surface area contributed by atoms with Crippen molar-refractivity contribution in [2.24, 2.45) is 5.92 Å². The van der Waals surface area contributed by atoms with Gasteiger partial charge in [0.1, 0.15) is 5.82 Å². The SMILES string of the molecule is CC#CC1CCC(N(C)c2ccccn2)CC1. The minimum Gasteiger partial charge on any atom is -0.357 e. The van der Waals surface area contributed by atoms with Crippen LogP contribution in [-0.4, -0.2) is 18.1 Å². The van der Waals surface area contributed by atoms with E-state index in [0.29, 0.717) is 12.0 Å². The third-order valence-corrected chi connectivity index (χ3v) is 3.60. The Bertz CT molecular complexity index is 394. The van der Waals surface area contributed by atoms with Crippen LogP contribution in [0.3, 0.4) is 0 Å². The molecule has 1 saturated carbocycles. The molecular weight excluding hydrogens is 208 g/mol. The van der Waals surface area contributed by atoms with Crippen LogP contribution in [0.1, 0.15) is 32.6 Å². The summed E-state index contributed by atoms with van der Waals surface area (Å²) in [5, 5.41) is 0. The van der Waals surface area contributed by atoms with Crippen LogP contribution in [0.2, 0.25) is 0 Å². The molecule has 0 saturated heterocycles. The van der Waals surface area contributed by atoms with Crippen molar-refractivity contribution in [3.8, 4) is 11.8 Å². The van der Waals surface area contributed by atoms with Crippen LogP contribution < -0.4 is 4.90 Å². The van der Waals surface area contributed by atoms with E-state index in [4.69, 9.17) is 0 Å². The Balaban J connectivity index is 1.94. The Morgan fingerprint density at radius 2 is 2.00 bits per heavy atom. The topological polar surface area (TPSA) is 16.1 Å². The Hall–Kier alpha value is -1.49. The molecule has 2 rings (SSSR count). The van der Waals surface area contributed by atoms with Crippen molar-refractivity contribution in [3.63, 3.8) is 0 Å². The molecule has 1 aliphatic rings. The summed E-state index contributed by atoms with van der Waals surface area (Å²) in [6.45, 7) is 1.94. The highest BCUT2D eigenvalue weighted by atomic mass is 15.2. The molecule has 1 aromatic rings. The maximum atomic E-state index is 4.41. The molecule has 0 unspecified atom stereocenters. The Morgan fingerprint density at radius 1 is 1.24 bits per heavy atom. The number of aromatic nitrogens is 1. The number of rotatable bonds is 2. The molecule has 2 nitrogen and oxygen atoms in total. The van der Waals surface area contributed by atoms with Crippen molar-refractivity contribution in [1.82, 2.24) is 4.98 Å². The van der Waals surface area contributed by atoms with E-state index in [0.717, 1.165) is 5.82 Å². The van der Waals surface area contributed by atoms with Gasteiger partial charge >= 0.3 is 0 Å². The largest absolute Gasteiger partial charge is 0.357 e. The van der Waals surface area contributed by atoms with Crippen molar-refractivity contribution in [2.75, 3.05) is 11.9 Å². The Morgan fingerprint density at radius 3 is 2.59 bits per heavy atom. The predicted octanol–water partition coefficient (Wildman–Crippen LogP) is 3.10. The lowest BCUT2D eigenvalue weighted by molar-refractivity contribution is 0.373. The van der Waals surface area contributed by atoms with Crippen molar-refractivity contribution < 1.29 is 0 Å². The standard InChI is InChI=1S/C15H20N2/c1-3-6-13-8-10-14(11-9-13)17(2)15-7-4-5-12-16-15/h4-5,7,12-14H,8-11H2,1-2H3. The molecule has 0 radical (unpaired) electrons. The molecule has 0 spiro atoms. The van der Waals surface area contributed by atoms with E-state index in [1.165, 1.54) is 25.7 Å². The number of hydrogen-bond donors (Lipinski definition) is 0. The van der Waals surface area contributed by atoms with E-state index < -0.39 is 0 Å². The van der Waals surface area contributed by atoms with E-state index in [2.05, 4.69) is 34.8 Å². The van der Waals surface area contributed by atoms with Crippen molar-refractivity contribution in [3.05, 3.63) is 24.4 Å². The normalized spacial score (nSPS) is 23.6. The fraction of sp³-hybridized carbons (Fsp3) is 0.533. The Kier molecular flexibility index (Phi) is 4.03. The van der Waals surface area contributed by atoms with Gasteiger partial charge in [0.2, 0.25) is 0 Å². The van der Waals surface area contributed by atoms with Gasteiger partial charge in [-0.1, -0.05) is 6.07 Å². The first-order valence-corrected chi connectivity index (χ1v) is 6.37. The van der Waals surface area contributed by atoms with Crippen molar-refractivity contribution >= 4 is 5.82 Å². The molecule has 1 aliphatic carbocycles. The average Bonchev–Trinajstić information content (AvgIpc) is 2.40. The summed E-state index contributed by atoms with van der Waals surface area (Å²) < 4.78 is 0. The second-order valence-electron chi connectivity index (χ2n) is 4.70. The number of anilines is 1. The van der Waals surface area contributed by atoms with E-state index >= 15 is 0 Å². The summed E-state index contributed by atoms with van der Waals surface area (Å²) in [4.78, 5) is 6.72. The fourth-order valence-corrected chi connectivity index (χ4v) is 2.56. The summed E-state index contributed by atoms with van der Waals surface area (Å²) in [6, 6.07) is 6.72. The second-order valence-corrected chi connectivity index (χ2v) is 4.70. The third-order valence-electron chi connectivity index (χ3n) is 3.60. The number of pyridine rings is 1. The van der Waals surface area contributed by atoms with Crippen molar-refractivity contribution in [1.29, 1.82) is 0 Å². The third kappa shape index (κ3) is 3.00. The molecular formula is C15H20N2. The first kappa shape index (κ1) is 12.0. The maximum absolute atomic E-state index is 4.41. The highest BCUT2D eigenvalue weighted by molar-refractivity contribution is 5.38. The first-order valence-electron chi connectivity index (χ1n) is 6.37. The van der Waals surface area contributed by atoms with Gasteiger partial charge in [-0.2, -0.15) is 0 Å². The van der Waals surface area contributed by atoms with Gasteiger partial charge in [0, 0.05) is 25.2 Å². The highest BCUT2D eigenvalue weighted by Crippen LogP contribution is 2.28. The molecule has 0 amide bonds. The van der Waals surface area contributed by atoms with Crippen LogP contribution in [0.4, 0.5) is 5.82 Å². The second kappa shape index (κ2) is 5.72. The lowest BCUT2D eigenvalue weighted by atomic mass is 9.86. The van der Waals surface area contributed by atoms with E-state index in [1.54, 1.807) is 0 Å². The predicted molar refractivity (Wildman–Crippen MR) is 71.8 cm³/mol. The van der Waals surface area contributed by atoms with Crippen LogP contribution in [0.5, 0.6) is 0 Å². The smallest absolute Gasteiger partial charge is 0.128 e. The van der Waals surface area contributed by atoms with Gasteiger partial charge in [-0.3, -0.25) is 0 Å². The zero-order valence-electron chi connectivity index (χ0n) is 10.7. The lowest BCUT2D eigenvalue weighted by Crippen LogP contribution is -2.35. The van der Waals surface area contributed by atoms with Gasteiger partial charge in [0.05, 0.1) is 0 Å². The summed E-state index contributed by atoms with van der Waals surface area (Å²) in [5.74, 6) is 8.04. The molecule has 0 N–H and O–H groups in total. The van der Waals surface area contributed by atoms with E-state index in [9.17, 15) is 0 Å². The molecule has 17 heavy (non-hydrogen) atoms. The molecule has 0 bridgehead atoms. The lowest BCUT2D eigenvalue weighted by Gasteiger charge is -2.34. The molecule has 1 fully saturated rings. The van der Waals surface area contributed by atoms with E-state index in [-0.39, 0.29) is 0 Å². The first-order chi connectivity index (χ1) is 8.31. The van der Waals surface area contributed by atoms with Crippen LogP contribution in [0.25, 0.3) is 0 Å². The van der Waals surface area contributed by atoms with Crippen LogP contribution in [0.15, 0.2) is 24.4 Å². The molecule has 0 atom stereocenters. The van der Waals surface area contributed by atoms with Gasteiger partial charge in [0.15, 0.2) is 0 Å². The fourth-order valence-electron chi connectivity index (χ4n) is 2.56. The van der Waals surface area contributed by atoms with Crippen LogP contribution in [0, 0.1) is 17.8 Å². The zero-order chi connectivity index (χ0) is 12.1. The monoisotopic (exact) mass is 228 g/mol. The highest BCUT2D eigenvalue weighted by Gasteiger charge is 2.23.